The molecule has 0 spiro atoms. The average Bonchev–Trinajstić information content (AvgIpc) is 2.38. The van der Waals surface area contributed by atoms with E-state index in [1.807, 2.05) is 13.8 Å². The van der Waals surface area contributed by atoms with E-state index in [-0.39, 0.29) is 18.4 Å². The minimum atomic E-state index is -0.267. The van der Waals surface area contributed by atoms with Gasteiger partial charge in [0.05, 0.1) is 6.61 Å². The van der Waals surface area contributed by atoms with Gasteiger partial charge in [-0.1, -0.05) is 18.2 Å². The van der Waals surface area contributed by atoms with Crippen molar-refractivity contribution in [2.24, 2.45) is 0 Å². The van der Waals surface area contributed by atoms with Gasteiger partial charge in [0.15, 0.2) is 0 Å². The molecule has 0 aliphatic carbocycles. The predicted molar refractivity (Wildman–Crippen MR) is 79.4 cm³/mol. The molecule has 3 nitrogen and oxygen atoms in total. The highest BCUT2D eigenvalue weighted by atomic mass is 35.5. The van der Waals surface area contributed by atoms with Crippen LogP contribution in [0.2, 0.25) is 0 Å². The normalized spacial score (nSPS) is 14.3. The van der Waals surface area contributed by atoms with Crippen LogP contribution in [0.5, 0.6) is 0 Å². The van der Waals surface area contributed by atoms with E-state index in [4.69, 9.17) is 4.74 Å². The molecule has 0 saturated carbocycles. The molecule has 0 atom stereocenters. The second-order valence-electron chi connectivity index (χ2n) is 4.45. The van der Waals surface area contributed by atoms with Crippen molar-refractivity contribution in [2.75, 3.05) is 13.2 Å². The van der Waals surface area contributed by atoms with Gasteiger partial charge in [0, 0.05) is 12.6 Å². The van der Waals surface area contributed by atoms with Crippen LogP contribution in [0.4, 0.5) is 0 Å². The number of ether oxygens (including phenoxy) is 1. The molecule has 0 radical (unpaired) electrons. The molecule has 2 rings (SSSR count). The Bertz CT molecular complexity index is 483. The maximum absolute atomic E-state index is 11.5. The quantitative estimate of drug-likeness (QED) is 0.684. The molecule has 19 heavy (non-hydrogen) atoms. The first-order chi connectivity index (χ1) is 8.72. The van der Waals surface area contributed by atoms with Gasteiger partial charge in [-0.3, -0.25) is 0 Å². The largest absolute Gasteiger partial charge is 0.463 e. The highest BCUT2D eigenvalue weighted by molar-refractivity contribution is 5.91. The summed E-state index contributed by atoms with van der Waals surface area (Å²) in [5.41, 5.74) is 4.80. The van der Waals surface area contributed by atoms with E-state index >= 15 is 0 Å². The highest BCUT2D eigenvalue weighted by Crippen LogP contribution is 2.24. The van der Waals surface area contributed by atoms with Gasteiger partial charge in [-0.25, -0.2) is 4.79 Å². The molecule has 0 aromatic heterocycles. The first-order valence-corrected chi connectivity index (χ1v) is 6.39. The van der Waals surface area contributed by atoms with Gasteiger partial charge >= 0.3 is 5.97 Å². The summed E-state index contributed by atoms with van der Waals surface area (Å²) in [5.74, 6) is -0.267. The molecule has 1 heterocycles. The molecule has 1 aliphatic heterocycles. The third-order valence-corrected chi connectivity index (χ3v) is 3.19. The van der Waals surface area contributed by atoms with Gasteiger partial charge in [0.1, 0.15) is 0 Å². The number of benzene rings is 1. The molecule has 0 fully saturated rings. The van der Waals surface area contributed by atoms with E-state index < -0.39 is 0 Å². The lowest BCUT2D eigenvalue weighted by Gasteiger charge is -2.20. The summed E-state index contributed by atoms with van der Waals surface area (Å²) in [7, 11) is 0. The summed E-state index contributed by atoms with van der Waals surface area (Å²) in [6.07, 6.45) is 2.63. The van der Waals surface area contributed by atoms with E-state index in [0.717, 1.165) is 30.6 Å². The van der Waals surface area contributed by atoms with Crippen LogP contribution in [-0.4, -0.2) is 19.1 Å². The SMILES string of the molecule is CCOC(=O)C=C(C)c1cccc2c1CNCC2.Cl. The van der Waals surface area contributed by atoms with E-state index in [9.17, 15) is 4.79 Å². The number of fused-ring (bicyclic) bond motifs is 1. The number of hydrogen-bond donors (Lipinski definition) is 1. The van der Waals surface area contributed by atoms with Gasteiger partial charge in [-0.05, 0) is 49.1 Å². The summed E-state index contributed by atoms with van der Waals surface area (Å²) in [4.78, 5) is 11.5. The molecule has 1 aromatic rings. The maximum Gasteiger partial charge on any atom is 0.331 e. The minimum absolute atomic E-state index is 0. The Balaban J connectivity index is 0.00000180. The third-order valence-electron chi connectivity index (χ3n) is 3.19. The smallest absolute Gasteiger partial charge is 0.331 e. The van der Waals surface area contributed by atoms with Crippen molar-refractivity contribution >= 4 is 23.9 Å². The highest BCUT2D eigenvalue weighted by Gasteiger charge is 2.13. The Hall–Kier alpha value is -1.32. The Kier molecular flexibility index (Phi) is 6.06. The summed E-state index contributed by atoms with van der Waals surface area (Å²) in [6, 6.07) is 6.29. The van der Waals surface area contributed by atoms with Crippen LogP contribution in [0.25, 0.3) is 5.57 Å². The van der Waals surface area contributed by atoms with Crippen molar-refractivity contribution in [2.45, 2.75) is 26.8 Å². The molecule has 1 N–H and O–H groups in total. The van der Waals surface area contributed by atoms with E-state index in [0.29, 0.717) is 6.61 Å². The van der Waals surface area contributed by atoms with Gasteiger partial charge in [0.25, 0.3) is 0 Å². The Labute approximate surface area is 120 Å². The van der Waals surface area contributed by atoms with Crippen molar-refractivity contribution in [3.05, 3.63) is 41.0 Å². The standard InChI is InChI=1S/C15H19NO2.ClH/c1-3-18-15(17)9-11(2)13-6-4-5-12-7-8-16-10-14(12)13;/h4-6,9,16H,3,7-8,10H2,1-2H3;1H. The summed E-state index contributed by atoms with van der Waals surface area (Å²) in [6.45, 7) is 6.09. The number of esters is 1. The molecule has 0 unspecified atom stereocenters. The van der Waals surface area contributed by atoms with Gasteiger partial charge in [0.2, 0.25) is 0 Å². The zero-order valence-corrected chi connectivity index (χ0v) is 12.2. The van der Waals surface area contributed by atoms with Crippen LogP contribution in [0.3, 0.4) is 0 Å². The average molecular weight is 282 g/mol. The van der Waals surface area contributed by atoms with Gasteiger partial charge in [-0.15, -0.1) is 12.4 Å². The monoisotopic (exact) mass is 281 g/mol. The molecule has 4 heteroatoms. The molecular formula is C15H20ClNO2. The van der Waals surface area contributed by atoms with Crippen molar-refractivity contribution in [3.8, 4) is 0 Å². The zero-order valence-electron chi connectivity index (χ0n) is 11.4. The zero-order chi connectivity index (χ0) is 13.0. The van der Waals surface area contributed by atoms with Crippen molar-refractivity contribution in [1.82, 2.24) is 5.32 Å². The molecule has 1 aliphatic rings. The Morgan fingerprint density at radius 3 is 3.00 bits per heavy atom. The lowest BCUT2D eigenvalue weighted by molar-refractivity contribution is -0.137. The number of rotatable bonds is 3. The number of carbonyl (C=O) groups excluding carboxylic acids is 1. The first-order valence-electron chi connectivity index (χ1n) is 6.39. The van der Waals surface area contributed by atoms with Crippen molar-refractivity contribution in [3.63, 3.8) is 0 Å². The summed E-state index contributed by atoms with van der Waals surface area (Å²) < 4.78 is 4.95. The lowest BCUT2D eigenvalue weighted by Crippen LogP contribution is -2.24. The van der Waals surface area contributed by atoms with Crippen molar-refractivity contribution < 1.29 is 9.53 Å². The summed E-state index contributed by atoms with van der Waals surface area (Å²) in [5, 5.41) is 3.37. The maximum atomic E-state index is 11.5. The topological polar surface area (TPSA) is 38.3 Å². The first kappa shape index (κ1) is 15.7. The predicted octanol–water partition coefficient (Wildman–Crippen LogP) is 2.72. The van der Waals surface area contributed by atoms with Crippen molar-refractivity contribution in [1.29, 1.82) is 0 Å². The molecular weight excluding hydrogens is 262 g/mol. The van der Waals surface area contributed by atoms with Crippen LogP contribution < -0.4 is 5.32 Å². The third kappa shape index (κ3) is 3.82. The molecule has 1 aromatic carbocycles. The van der Waals surface area contributed by atoms with Crippen LogP contribution in [0, 0.1) is 0 Å². The Morgan fingerprint density at radius 1 is 1.47 bits per heavy atom. The van der Waals surface area contributed by atoms with Crippen LogP contribution in [0.1, 0.15) is 30.5 Å². The Morgan fingerprint density at radius 2 is 2.26 bits per heavy atom. The number of nitrogens with one attached hydrogen (secondary N) is 1. The molecule has 0 bridgehead atoms. The fourth-order valence-corrected chi connectivity index (χ4v) is 2.32. The lowest BCUT2D eigenvalue weighted by atomic mass is 9.92. The molecule has 0 saturated heterocycles. The fraction of sp³-hybridized carbons (Fsp3) is 0.400. The minimum Gasteiger partial charge on any atom is -0.463 e. The van der Waals surface area contributed by atoms with E-state index in [1.54, 1.807) is 6.08 Å². The second-order valence-corrected chi connectivity index (χ2v) is 4.45. The molecule has 104 valence electrons. The number of hydrogen-bond acceptors (Lipinski definition) is 3. The number of allylic oxidation sites excluding steroid dienone is 1. The summed E-state index contributed by atoms with van der Waals surface area (Å²) >= 11 is 0. The van der Waals surface area contributed by atoms with Gasteiger partial charge < -0.3 is 10.1 Å². The number of halogens is 1. The van der Waals surface area contributed by atoms with Crippen LogP contribution >= 0.6 is 12.4 Å². The van der Waals surface area contributed by atoms with E-state index in [1.165, 1.54) is 11.1 Å². The van der Waals surface area contributed by atoms with Gasteiger partial charge in [-0.2, -0.15) is 0 Å². The fourth-order valence-electron chi connectivity index (χ4n) is 2.32. The van der Waals surface area contributed by atoms with Crippen LogP contribution in [-0.2, 0) is 22.5 Å². The second kappa shape index (κ2) is 7.31. The van der Waals surface area contributed by atoms with E-state index in [2.05, 4.69) is 23.5 Å². The van der Waals surface area contributed by atoms with Crippen LogP contribution in [0.15, 0.2) is 24.3 Å². The number of carbonyl (C=O) groups is 1. The molecule has 0 amide bonds.